The van der Waals surface area contributed by atoms with Crippen LogP contribution in [0, 0.1) is 0 Å². The molecule has 1 atom stereocenters. The summed E-state index contributed by atoms with van der Waals surface area (Å²) >= 11 is 0. The molecule has 14 heavy (non-hydrogen) atoms. The first-order valence-corrected chi connectivity index (χ1v) is 3.63. The van der Waals surface area contributed by atoms with Crippen LogP contribution in [0.1, 0.15) is 6.42 Å². The summed E-state index contributed by atoms with van der Waals surface area (Å²) in [5, 5.41) is 16.9. The lowest BCUT2D eigenvalue weighted by Gasteiger charge is -2.05. The second kappa shape index (κ2) is 8.42. The lowest BCUT2D eigenvalue weighted by atomic mass is 10.2. The van der Waals surface area contributed by atoms with Gasteiger partial charge in [-0.05, 0) is 0 Å². The van der Waals surface area contributed by atoms with Crippen LogP contribution < -0.4 is 6.15 Å². The highest BCUT2D eigenvalue weighted by Gasteiger charge is 2.18. The molecule has 1 unspecified atom stereocenters. The molecule has 0 saturated carbocycles. The standard InChI is InChI=1S/C7H12O6.H3N/c1-12-2-3-13-6(9)4-5(8)7(10)11;/h5,8H,2-4H2,1H3,(H,10,11);1H3. The van der Waals surface area contributed by atoms with E-state index in [1.54, 1.807) is 0 Å². The largest absolute Gasteiger partial charge is 0.479 e. The number of carboxylic acid groups (broad SMARTS) is 1. The van der Waals surface area contributed by atoms with E-state index in [2.05, 4.69) is 9.47 Å². The number of aliphatic hydroxyl groups excluding tert-OH is 1. The van der Waals surface area contributed by atoms with Crippen molar-refractivity contribution in [2.75, 3.05) is 20.3 Å². The smallest absolute Gasteiger partial charge is 0.333 e. The number of carboxylic acids is 1. The van der Waals surface area contributed by atoms with Gasteiger partial charge in [-0.1, -0.05) is 0 Å². The van der Waals surface area contributed by atoms with Gasteiger partial charge in [0.1, 0.15) is 6.61 Å². The van der Waals surface area contributed by atoms with Crippen molar-refractivity contribution in [2.24, 2.45) is 0 Å². The maximum absolute atomic E-state index is 10.7. The van der Waals surface area contributed by atoms with Gasteiger partial charge in [0.25, 0.3) is 0 Å². The van der Waals surface area contributed by atoms with Crippen LogP contribution in [0.4, 0.5) is 0 Å². The predicted octanol–water partition coefficient (Wildman–Crippen LogP) is -0.826. The third-order valence-corrected chi connectivity index (χ3v) is 1.20. The molecule has 0 aromatic heterocycles. The number of carbonyl (C=O) groups is 2. The third-order valence-electron chi connectivity index (χ3n) is 1.20. The van der Waals surface area contributed by atoms with E-state index >= 15 is 0 Å². The molecule has 0 rings (SSSR count). The Hall–Kier alpha value is -1.18. The molecule has 0 saturated heterocycles. The van der Waals surface area contributed by atoms with E-state index in [0.717, 1.165) is 0 Å². The van der Waals surface area contributed by atoms with Gasteiger partial charge in [-0.25, -0.2) is 4.79 Å². The van der Waals surface area contributed by atoms with Gasteiger partial charge < -0.3 is 25.8 Å². The Labute approximate surface area is 81.2 Å². The Morgan fingerprint density at radius 2 is 1.93 bits per heavy atom. The van der Waals surface area contributed by atoms with Crippen molar-refractivity contribution in [3.63, 3.8) is 0 Å². The van der Waals surface area contributed by atoms with Gasteiger partial charge in [-0.3, -0.25) is 4.79 Å². The first kappa shape index (κ1) is 15.3. The fourth-order valence-electron chi connectivity index (χ4n) is 0.543. The van der Waals surface area contributed by atoms with E-state index in [4.69, 9.17) is 10.2 Å². The summed E-state index contributed by atoms with van der Waals surface area (Å²) in [6, 6.07) is 0. The van der Waals surface area contributed by atoms with E-state index in [1.807, 2.05) is 0 Å². The lowest BCUT2D eigenvalue weighted by molar-refractivity contribution is -0.156. The molecule has 5 N–H and O–H groups in total. The van der Waals surface area contributed by atoms with Crippen molar-refractivity contribution in [2.45, 2.75) is 12.5 Å². The van der Waals surface area contributed by atoms with E-state index in [0.29, 0.717) is 0 Å². The van der Waals surface area contributed by atoms with E-state index in [-0.39, 0.29) is 19.4 Å². The summed E-state index contributed by atoms with van der Waals surface area (Å²) in [4.78, 5) is 20.8. The lowest BCUT2D eigenvalue weighted by Crippen LogP contribution is -2.24. The van der Waals surface area contributed by atoms with Gasteiger partial charge >= 0.3 is 11.9 Å². The molecule has 0 spiro atoms. The van der Waals surface area contributed by atoms with E-state index < -0.39 is 24.5 Å². The Kier molecular flexibility index (Phi) is 9.20. The zero-order valence-corrected chi connectivity index (χ0v) is 7.93. The van der Waals surface area contributed by atoms with Gasteiger partial charge in [0.15, 0.2) is 6.10 Å². The molecule has 0 heterocycles. The highest BCUT2D eigenvalue weighted by Crippen LogP contribution is 1.94. The van der Waals surface area contributed by atoms with Crippen LogP contribution in [0.15, 0.2) is 0 Å². The first-order valence-electron chi connectivity index (χ1n) is 3.63. The van der Waals surface area contributed by atoms with Gasteiger partial charge in [-0.2, -0.15) is 0 Å². The minimum Gasteiger partial charge on any atom is -0.479 e. The number of carbonyl (C=O) groups excluding carboxylic acids is 1. The Morgan fingerprint density at radius 1 is 1.36 bits per heavy atom. The van der Waals surface area contributed by atoms with Crippen molar-refractivity contribution >= 4 is 11.9 Å². The molecule has 84 valence electrons. The second-order valence-electron chi connectivity index (χ2n) is 2.27. The molecule has 0 aliphatic rings. The molecule has 0 radical (unpaired) electrons. The van der Waals surface area contributed by atoms with Gasteiger partial charge in [0.05, 0.1) is 13.0 Å². The van der Waals surface area contributed by atoms with Crippen molar-refractivity contribution in [1.82, 2.24) is 6.15 Å². The van der Waals surface area contributed by atoms with Crippen LogP contribution in [-0.2, 0) is 19.1 Å². The fraction of sp³-hybridized carbons (Fsp3) is 0.714. The number of methoxy groups -OCH3 is 1. The number of rotatable bonds is 6. The van der Waals surface area contributed by atoms with Crippen molar-refractivity contribution in [3.8, 4) is 0 Å². The van der Waals surface area contributed by atoms with Crippen LogP contribution in [0.5, 0.6) is 0 Å². The number of aliphatic carboxylic acids is 1. The predicted molar refractivity (Wildman–Crippen MR) is 46.1 cm³/mol. The molecule has 7 heteroatoms. The second-order valence-corrected chi connectivity index (χ2v) is 2.27. The minimum absolute atomic E-state index is 0. The van der Waals surface area contributed by atoms with E-state index in [1.165, 1.54) is 7.11 Å². The average molecular weight is 209 g/mol. The van der Waals surface area contributed by atoms with Crippen LogP contribution in [-0.4, -0.2) is 48.6 Å². The van der Waals surface area contributed by atoms with Crippen LogP contribution in [0.3, 0.4) is 0 Å². The van der Waals surface area contributed by atoms with Crippen molar-refractivity contribution in [1.29, 1.82) is 0 Å². The average Bonchev–Trinajstić information content (AvgIpc) is 2.04. The molecular weight excluding hydrogens is 194 g/mol. The number of hydrogen-bond donors (Lipinski definition) is 3. The SMILES string of the molecule is COCCOC(=O)CC(O)C(=O)O.N. The monoisotopic (exact) mass is 209 g/mol. The van der Waals surface area contributed by atoms with Crippen LogP contribution >= 0.6 is 0 Å². The molecule has 0 aliphatic carbocycles. The maximum Gasteiger partial charge on any atom is 0.333 e. The summed E-state index contributed by atoms with van der Waals surface area (Å²) < 4.78 is 9.10. The van der Waals surface area contributed by atoms with Crippen LogP contribution in [0.2, 0.25) is 0 Å². The molecule has 0 aromatic rings. The third kappa shape index (κ3) is 7.47. The molecule has 7 nitrogen and oxygen atoms in total. The highest BCUT2D eigenvalue weighted by atomic mass is 16.6. The molecule has 0 fully saturated rings. The fourth-order valence-corrected chi connectivity index (χ4v) is 0.543. The number of esters is 1. The zero-order chi connectivity index (χ0) is 10.3. The molecule has 0 bridgehead atoms. The topological polar surface area (TPSA) is 128 Å². The Balaban J connectivity index is 0. The molecule has 0 aromatic carbocycles. The Bertz CT molecular complexity index is 183. The Morgan fingerprint density at radius 3 is 2.36 bits per heavy atom. The van der Waals surface area contributed by atoms with Crippen molar-refractivity contribution in [3.05, 3.63) is 0 Å². The maximum atomic E-state index is 10.7. The summed E-state index contributed by atoms with van der Waals surface area (Å²) in [6.45, 7) is 0.302. The summed E-state index contributed by atoms with van der Waals surface area (Å²) in [5.41, 5.74) is 0. The number of hydrogen-bond acceptors (Lipinski definition) is 6. The van der Waals surface area contributed by atoms with Crippen molar-refractivity contribution < 1.29 is 29.3 Å². The van der Waals surface area contributed by atoms with Gasteiger partial charge in [-0.15, -0.1) is 0 Å². The molecule has 0 amide bonds. The normalized spacial score (nSPS) is 11.3. The molecule has 0 aliphatic heterocycles. The van der Waals surface area contributed by atoms with Gasteiger partial charge in [0.2, 0.25) is 0 Å². The number of aliphatic hydroxyl groups is 1. The van der Waals surface area contributed by atoms with Gasteiger partial charge in [0, 0.05) is 7.11 Å². The highest BCUT2D eigenvalue weighted by molar-refractivity contribution is 5.80. The molecular formula is C7H15NO6. The first-order chi connectivity index (χ1) is 6.07. The summed E-state index contributed by atoms with van der Waals surface area (Å²) in [5.74, 6) is -2.20. The summed E-state index contributed by atoms with van der Waals surface area (Å²) in [6.07, 6.45) is -2.24. The summed E-state index contributed by atoms with van der Waals surface area (Å²) in [7, 11) is 1.44. The zero-order valence-electron chi connectivity index (χ0n) is 7.93. The minimum atomic E-state index is -1.70. The van der Waals surface area contributed by atoms with E-state index in [9.17, 15) is 9.59 Å². The quantitative estimate of drug-likeness (QED) is 0.384. The number of ether oxygens (including phenoxy) is 2. The van der Waals surface area contributed by atoms with Crippen LogP contribution in [0.25, 0.3) is 0 Å².